The molecule has 1 atom stereocenters. The Kier molecular flexibility index (Phi) is 4.23. The number of rotatable bonds is 2. The van der Waals surface area contributed by atoms with E-state index < -0.39 is 6.10 Å². The van der Waals surface area contributed by atoms with E-state index in [0.717, 1.165) is 0 Å². The summed E-state index contributed by atoms with van der Waals surface area (Å²) in [6.45, 7) is 0.280. The minimum absolute atomic E-state index is 0.262. The zero-order chi connectivity index (χ0) is 19.3. The Morgan fingerprint density at radius 1 is 1.18 bits per heavy atom. The smallest absolute Gasteiger partial charge is 0.291 e. The first-order valence-corrected chi connectivity index (χ1v) is 9.90. The summed E-state index contributed by atoms with van der Waals surface area (Å²) in [6.07, 6.45) is 1.23. The van der Waals surface area contributed by atoms with Crippen LogP contribution in [0.15, 0.2) is 47.3 Å². The summed E-state index contributed by atoms with van der Waals surface area (Å²) in [5.41, 5.74) is 0.440. The topological polar surface area (TPSA) is 65.7 Å². The number of para-hydroxylation sites is 2. The lowest BCUT2D eigenvalue weighted by molar-refractivity contribution is 0.0852. The highest BCUT2D eigenvalue weighted by Crippen LogP contribution is 2.35. The van der Waals surface area contributed by atoms with Crippen molar-refractivity contribution in [2.75, 3.05) is 6.61 Å². The minimum atomic E-state index is -0.473. The van der Waals surface area contributed by atoms with Crippen molar-refractivity contribution in [1.82, 2.24) is 14.6 Å². The van der Waals surface area contributed by atoms with Crippen LogP contribution in [-0.4, -0.2) is 21.2 Å². The molecule has 28 heavy (non-hydrogen) atoms. The van der Waals surface area contributed by atoms with Gasteiger partial charge in [-0.1, -0.05) is 52.7 Å². The van der Waals surface area contributed by atoms with Gasteiger partial charge in [0.05, 0.1) is 4.53 Å². The van der Waals surface area contributed by atoms with Crippen LogP contribution in [0.5, 0.6) is 11.5 Å². The standard InChI is InChI=1S/C19H11Cl2N3O3S/c20-11-6-5-10(12(21)8-11)7-16-18(25)24-19(28-16)22-17(23-24)15-9-26-13-3-1-2-4-14(13)27-15/h1-8,15H,9H2. The van der Waals surface area contributed by atoms with Gasteiger partial charge in [-0.05, 0) is 35.9 Å². The molecule has 2 aromatic heterocycles. The van der Waals surface area contributed by atoms with Gasteiger partial charge in [-0.2, -0.15) is 9.50 Å². The van der Waals surface area contributed by atoms with E-state index in [4.69, 9.17) is 32.7 Å². The lowest BCUT2D eigenvalue weighted by Gasteiger charge is -2.24. The molecule has 0 N–H and O–H groups in total. The Bertz CT molecular complexity index is 1320. The normalized spacial score (nSPS) is 16.6. The highest BCUT2D eigenvalue weighted by Gasteiger charge is 2.27. The second-order valence-corrected chi connectivity index (χ2v) is 7.96. The molecule has 9 heteroatoms. The minimum Gasteiger partial charge on any atom is -0.485 e. The van der Waals surface area contributed by atoms with E-state index in [1.54, 1.807) is 24.3 Å². The summed E-state index contributed by atoms with van der Waals surface area (Å²) in [4.78, 5) is 17.6. The quantitative estimate of drug-likeness (QED) is 0.485. The van der Waals surface area contributed by atoms with Gasteiger partial charge in [-0.25, -0.2) is 0 Å². The van der Waals surface area contributed by atoms with Gasteiger partial charge in [0.25, 0.3) is 5.56 Å². The van der Waals surface area contributed by atoms with Crippen molar-refractivity contribution >= 4 is 45.6 Å². The third-order valence-electron chi connectivity index (χ3n) is 4.24. The molecule has 0 fully saturated rings. The van der Waals surface area contributed by atoms with Crippen molar-refractivity contribution in [1.29, 1.82) is 0 Å². The van der Waals surface area contributed by atoms with Gasteiger partial charge in [0.15, 0.2) is 23.4 Å². The first-order valence-electron chi connectivity index (χ1n) is 8.33. The molecule has 0 bridgehead atoms. The molecule has 0 saturated carbocycles. The van der Waals surface area contributed by atoms with Gasteiger partial charge >= 0.3 is 0 Å². The van der Waals surface area contributed by atoms with Crippen molar-refractivity contribution < 1.29 is 9.47 Å². The fourth-order valence-electron chi connectivity index (χ4n) is 2.89. The molecule has 3 heterocycles. The maximum Gasteiger partial charge on any atom is 0.291 e. The molecule has 0 aliphatic carbocycles. The number of thiazole rings is 1. The Labute approximate surface area is 172 Å². The highest BCUT2D eigenvalue weighted by atomic mass is 35.5. The van der Waals surface area contributed by atoms with E-state index >= 15 is 0 Å². The van der Waals surface area contributed by atoms with Gasteiger partial charge in [-0.15, -0.1) is 5.10 Å². The van der Waals surface area contributed by atoms with E-state index in [9.17, 15) is 4.79 Å². The number of ether oxygens (including phenoxy) is 2. The average molecular weight is 432 g/mol. The molecule has 0 amide bonds. The second-order valence-electron chi connectivity index (χ2n) is 6.11. The van der Waals surface area contributed by atoms with Crippen molar-refractivity contribution in [2.45, 2.75) is 6.10 Å². The molecule has 0 spiro atoms. The highest BCUT2D eigenvalue weighted by molar-refractivity contribution is 7.15. The van der Waals surface area contributed by atoms with Gasteiger partial charge in [0, 0.05) is 10.0 Å². The molecule has 0 saturated heterocycles. The Morgan fingerprint density at radius 2 is 2.00 bits per heavy atom. The Balaban J connectivity index is 1.51. The number of halogens is 2. The molecule has 0 radical (unpaired) electrons. The largest absolute Gasteiger partial charge is 0.485 e. The van der Waals surface area contributed by atoms with E-state index in [1.165, 1.54) is 15.9 Å². The summed E-state index contributed by atoms with van der Waals surface area (Å²) in [5.74, 6) is 1.72. The second kappa shape index (κ2) is 6.77. The van der Waals surface area contributed by atoms with E-state index in [-0.39, 0.29) is 12.2 Å². The van der Waals surface area contributed by atoms with Crippen LogP contribution in [0.1, 0.15) is 17.5 Å². The number of aromatic nitrogens is 3. The van der Waals surface area contributed by atoms with Crippen LogP contribution >= 0.6 is 34.5 Å². The van der Waals surface area contributed by atoms with Crippen LogP contribution in [0.3, 0.4) is 0 Å². The van der Waals surface area contributed by atoms with Gasteiger partial charge < -0.3 is 9.47 Å². The molecule has 6 nitrogen and oxygen atoms in total. The number of hydrogen-bond donors (Lipinski definition) is 0. The fourth-order valence-corrected chi connectivity index (χ4v) is 4.26. The van der Waals surface area contributed by atoms with Gasteiger partial charge in [0.2, 0.25) is 4.96 Å². The van der Waals surface area contributed by atoms with Crippen LogP contribution < -0.4 is 19.6 Å². The van der Waals surface area contributed by atoms with E-state index in [0.29, 0.717) is 42.4 Å². The van der Waals surface area contributed by atoms with E-state index in [1.807, 2.05) is 24.3 Å². The predicted molar refractivity (Wildman–Crippen MR) is 108 cm³/mol. The van der Waals surface area contributed by atoms with Crippen LogP contribution in [0.2, 0.25) is 10.0 Å². The molecule has 1 aliphatic rings. The molecule has 4 aromatic rings. The number of fused-ring (bicyclic) bond motifs is 2. The fraction of sp³-hybridized carbons (Fsp3) is 0.105. The molecular formula is C19H11Cl2N3O3S. The Morgan fingerprint density at radius 3 is 2.79 bits per heavy atom. The van der Waals surface area contributed by atoms with Crippen molar-refractivity contribution in [3.05, 3.63) is 78.8 Å². The Hall–Kier alpha value is -2.61. The summed E-state index contributed by atoms with van der Waals surface area (Å²) < 4.78 is 13.4. The average Bonchev–Trinajstić information content (AvgIpc) is 3.23. The third-order valence-corrected chi connectivity index (χ3v) is 5.77. The molecule has 5 rings (SSSR count). The van der Waals surface area contributed by atoms with Crippen LogP contribution in [0, 0.1) is 0 Å². The van der Waals surface area contributed by atoms with Crippen LogP contribution in [0.4, 0.5) is 0 Å². The summed E-state index contributed by atoms with van der Waals surface area (Å²) in [5, 5.41) is 5.34. The monoisotopic (exact) mass is 431 g/mol. The van der Waals surface area contributed by atoms with E-state index in [2.05, 4.69) is 10.1 Å². The maximum absolute atomic E-state index is 12.7. The summed E-state index contributed by atoms with van der Waals surface area (Å²) in [6, 6.07) is 12.5. The molecule has 1 aliphatic heterocycles. The zero-order valence-electron chi connectivity index (χ0n) is 14.1. The number of nitrogens with zero attached hydrogens (tertiary/aromatic N) is 3. The predicted octanol–water partition coefficient (Wildman–Crippen LogP) is 3.52. The SMILES string of the molecule is O=c1c(=Cc2ccc(Cl)cc2Cl)sc2nc(C3COc4ccccc4O3)nn12. The van der Waals surface area contributed by atoms with Crippen LogP contribution in [0.25, 0.3) is 11.0 Å². The molecule has 1 unspecified atom stereocenters. The first-order chi connectivity index (χ1) is 13.6. The van der Waals surface area contributed by atoms with Crippen molar-refractivity contribution in [3.8, 4) is 11.5 Å². The van der Waals surface area contributed by atoms with Gasteiger partial charge in [-0.3, -0.25) is 4.79 Å². The number of benzene rings is 2. The molecule has 140 valence electrons. The lowest BCUT2D eigenvalue weighted by Crippen LogP contribution is -2.26. The lowest BCUT2D eigenvalue weighted by atomic mass is 10.2. The third kappa shape index (κ3) is 3.01. The van der Waals surface area contributed by atoms with Crippen molar-refractivity contribution in [2.24, 2.45) is 0 Å². The molecular weight excluding hydrogens is 421 g/mol. The first kappa shape index (κ1) is 17.5. The van der Waals surface area contributed by atoms with Crippen molar-refractivity contribution in [3.63, 3.8) is 0 Å². The zero-order valence-corrected chi connectivity index (χ0v) is 16.5. The number of hydrogen-bond acceptors (Lipinski definition) is 6. The molecule has 2 aromatic carbocycles. The summed E-state index contributed by atoms with van der Waals surface area (Å²) in [7, 11) is 0. The maximum atomic E-state index is 12.7. The van der Waals surface area contributed by atoms with Gasteiger partial charge in [0.1, 0.15) is 6.61 Å². The van der Waals surface area contributed by atoms with Crippen LogP contribution in [-0.2, 0) is 0 Å². The summed E-state index contributed by atoms with van der Waals surface area (Å²) >= 11 is 13.3.